The predicted octanol–water partition coefficient (Wildman–Crippen LogP) is 2.43. The molecule has 1 aromatic carbocycles. The van der Waals surface area contributed by atoms with Crippen LogP contribution in [0.2, 0.25) is 0 Å². The molecular formula is C10H7ClFNO. The number of rotatable bonds is 2. The van der Waals surface area contributed by atoms with E-state index in [1.54, 1.807) is 0 Å². The van der Waals surface area contributed by atoms with Crippen molar-refractivity contribution in [1.29, 1.82) is 5.26 Å². The molecule has 0 bridgehead atoms. The van der Waals surface area contributed by atoms with Gasteiger partial charge in [-0.2, -0.15) is 5.26 Å². The first-order valence-electron chi connectivity index (χ1n) is 3.90. The zero-order chi connectivity index (χ0) is 10.7. The number of alkyl halides is 1. The average molecular weight is 212 g/mol. The summed E-state index contributed by atoms with van der Waals surface area (Å²) in [6.07, 6.45) is 0. The number of ketones is 1. The quantitative estimate of drug-likeness (QED) is 0.557. The van der Waals surface area contributed by atoms with Crippen LogP contribution in [0.4, 0.5) is 4.39 Å². The van der Waals surface area contributed by atoms with Crippen LogP contribution in [0.1, 0.15) is 21.5 Å². The van der Waals surface area contributed by atoms with Gasteiger partial charge in [0.25, 0.3) is 0 Å². The van der Waals surface area contributed by atoms with E-state index in [-0.39, 0.29) is 11.4 Å². The molecule has 0 unspecified atom stereocenters. The maximum atomic E-state index is 13.2. The minimum Gasteiger partial charge on any atom is -0.293 e. The Morgan fingerprint density at radius 1 is 1.64 bits per heavy atom. The lowest BCUT2D eigenvalue weighted by molar-refractivity contribution is 0.101. The second-order valence-electron chi connectivity index (χ2n) is 2.76. The molecule has 0 fully saturated rings. The predicted molar refractivity (Wildman–Crippen MR) is 50.9 cm³/mol. The molecule has 0 spiro atoms. The number of hydrogen-bond donors (Lipinski definition) is 0. The molecule has 0 saturated heterocycles. The molecular weight excluding hydrogens is 205 g/mol. The number of nitriles is 1. The zero-order valence-corrected chi connectivity index (χ0v) is 8.23. The van der Waals surface area contributed by atoms with Gasteiger partial charge in [0.2, 0.25) is 0 Å². The van der Waals surface area contributed by atoms with E-state index < -0.39 is 11.6 Å². The van der Waals surface area contributed by atoms with E-state index in [9.17, 15) is 9.18 Å². The van der Waals surface area contributed by atoms with E-state index in [1.165, 1.54) is 13.0 Å². The lowest BCUT2D eigenvalue weighted by Gasteiger charge is -2.05. The Labute approximate surface area is 85.9 Å². The molecule has 14 heavy (non-hydrogen) atoms. The lowest BCUT2D eigenvalue weighted by atomic mass is 10.00. The SMILES string of the molecule is Cc1c(C#N)ccc(F)c1C(=O)CCl. The van der Waals surface area contributed by atoms with Gasteiger partial charge in [0.1, 0.15) is 5.82 Å². The molecule has 0 heterocycles. The van der Waals surface area contributed by atoms with Gasteiger partial charge in [-0.3, -0.25) is 4.79 Å². The van der Waals surface area contributed by atoms with Crippen LogP contribution in [0, 0.1) is 24.1 Å². The van der Waals surface area contributed by atoms with Crippen molar-refractivity contribution in [3.05, 3.63) is 34.6 Å². The van der Waals surface area contributed by atoms with Crippen LogP contribution in [-0.2, 0) is 0 Å². The molecule has 0 radical (unpaired) electrons. The first kappa shape index (κ1) is 10.7. The van der Waals surface area contributed by atoms with Crippen LogP contribution in [0.25, 0.3) is 0 Å². The third-order valence-corrected chi connectivity index (χ3v) is 2.18. The summed E-state index contributed by atoms with van der Waals surface area (Å²) in [6.45, 7) is 1.53. The molecule has 1 rings (SSSR count). The average Bonchev–Trinajstić information content (AvgIpc) is 2.18. The Balaban J connectivity index is 3.42. The topological polar surface area (TPSA) is 40.9 Å². The normalized spacial score (nSPS) is 9.57. The maximum absolute atomic E-state index is 13.2. The second-order valence-corrected chi connectivity index (χ2v) is 3.03. The summed E-state index contributed by atoms with van der Waals surface area (Å²) in [6, 6.07) is 4.33. The smallest absolute Gasteiger partial charge is 0.180 e. The third-order valence-electron chi connectivity index (χ3n) is 1.93. The highest BCUT2D eigenvalue weighted by atomic mass is 35.5. The van der Waals surface area contributed by atoms with Crippen LogP contribution in [0.3, 0.4) is 0 Å². The molecule has 0 aliphatic carbocycles. The Bertz CT molecular complexity index is 423. The maximum Gasteiger partial charge on any atom is 0.180 e. The molecule has 0 amide bonds. The van der Waals surface area contributed by atoms with Crippen molar-refractivity contribution in [1.82, 2.24) is 0 Å². The highest BCUT2D eigenvalue weighted by Gasteiger charge is 2.15. The summed E-state index contributed by atoms with van der Waals surface area (Å²) < 4.78 is 13.2. The minimum absolute atomic E-state index is 0.0842. The van der Waals surface area contributed by atoms with Crippen molar-refractivity contribution in [2.24, 2.45) is 0 Å². The van der Waals surface area contributed by atoms with E-state index in [0.717, 1.165) is 6.07 Å². The molecule has 0 atom stereocenters. The molecule has 0 saturated carbocycles. The lowest BCUT2D eigenvalue weighted by Crippen LogP contribution is -2.07. The fourth-order valence-electron chi connectivity index (χ4n) is 1.21. The van der Waals surface area contributed by atoms with Crippen LogP contribution < -0.4 is 0 Å². The van der Waals surface area contributed by atoms with Gasteiger partial charge in [-0.1, -0.05) is 0 Å². The number of carbonyl (C=O) groups excluding carboxylic acids is 1. The molecule has 0 N–H and O–H groups in total. The largest absolute Gasteiger partial charge is 0.293 e. The Kier molecular flexibility index (Phi) is 3.21. The van der Waals surface area contributed by atoms with Crippen molar-refractivity contribution < 1.29 is 9.18 Å². The monoisotopic (exact) mass is 211 g/mol. The van der Waals surface area contributed by atoms with Crippen LogP contribution in [0.5, 0.6) is 0 Å². The van der Waals surface area contributed by atoms with Gasteiger partial charge in [0, 0.05) is 0 Å². The number of benzene rings is 1. The van der Waals surface area contributed by atoms with Crippen molar-refractivity contribution >= 4 is 17.4 Å². The number of nitrogens with zero attached hydrogens (tertiary/aromatic N) is 1. The van der Waals surface area contributed by atoms with Crippen molar-refractivity contribution in [2.45, 2.75) is 6.92 Å². The fourth-order valence-corrected chi connectivity index (χ4v) is 1.34. The van der Waals surface area contributed by atoms with E-state index in [2.05, 4.69) is 0 Å². The summed E-state index contributed by atoms with van der Waals surface area (Å²) in [5.41, 5.74) is 0.553. The van der Waals surface area contributed by atoms with Gasteiger partial charge >= 0.3 is 0 Å². The van der Waals surface area contributed by atoms with E-state index in [1.807, 2.05) is 6.07 Å². The Morgan fingerprint density at radius 3 is 2.79 bits per heavy atom. The molecule has 0 aliphatic heterocycles. The first-order valence-corrected chi connectivity index (χ1v) is 4.43. The van der Waals surface area contributed by atoms with Gasteiger partial charge in [0.05, 0.1) is 23.1 Å². The van der Waals surface area contributed by atoms with Crippen molar-refractivity contribution in [3.8, 4) is 6.07 Å². The van der Waals surface area contributed by atoms with E-state index >= 15 is 0 Å². The van der Waals surface area contributed by atoms with Gasteiger partial charge < -0.3 is 0 Å². The standard InChI is InChI=1S/C10H7ClFNO/c1-6-7(5-13)2-3-8(12)10(6)9(14)4-11/h2-3H,4H2,1H3. The van der Waals surface area contributed by atoms with Gasteiger partial charge in [-0.25, -0.2) is 4.39 Å². The summed E-state index contributed by atoms with van der Waals surface area (Å²) in [7, 11) is 0. The van der Waals surface area contributed by atoms with E-state index in [4.69, 9.17) is 16.9 Å². The molecule has 4 heteroatoms. The van der Waals surface area contributed by atoms with Gasteiger partial charge in [-0.15, -0.1) is 11.6 Å². The zero-order valence-electron chi connectivity index (χ0n) is 7.47. The third kappa shape index (κ3) is 1.75. The second kappa shape index (κ2) is 4.21. The number of carbonyl (C=O) groups is 1. The first-order chi connectivity index (χ1) is 6.61. The van der Waals surface area contributed by atoms with Gasteiger partial charge in [0.15, 0.2) is 5.78 Å². The number of halogens is 2. The summed E-state index contributed by atoms with van der Waals surface area (Å²) in [4.78, 5) is 11.2. The Morgan fingerprint density at radius 2 is 2.29 bits per heavy atom. The van der Waals surface area contributed by atoms with Gasteiger partial charge in [-0.05, 0) is 24.6 Å². The minimum atomic E-state index is -0.632. The molecule has 0 aromatic heterocycles. The molecule has 1 aromatic rings. The Hall–Kier alpha value is -1.40. The van der Waals surface area contributed by atoms with Crippen molar-refractivity contribution in [3.63, 3.8) is 0 Å². The number of hydrogen-bond acceptors (Lipinski definition) is 2. The fraction of sp³-hybridized carbons (Fsp3) is 0.200. The molecule has 2 nitrogen and oxygen atoms in total. The summed E-state index contributed by atoms with van der Waals surface area (Å²) in [5, 5.41) is 8.67. The van der Waals surface area contributed by atoms with Crippen LogP contribution >= 0.6 is 11.6 Å². The highest BCUT2D eigenvalue weighted by Crippen LogP contribution is 2.18. The van der Waals surface area contributed by atoms with Crippen LogP contribution in [-0.4, -0.2) is 11.7 Å². The molecule has 0 aliphatic rings. The summed E-state index contributed by atoms with van der Waals surface area (Å²) in [5.74, 6) is -1.42. The van der Waals surface area contributed by atoms with Crippen LogP contribution in [0.15, 0.2) is 12.1 Å². The summed E-state index contributed by atoms with van der Waals surface area (Å²) >= 11 is 5.33. The van der Waals surface area contributed by atoms with E-state index in [0.29, 0.717) is 11.1 Å². The number of Topliss-reactive ketones (excluding diaryl/α,β-unsaturated/α-hetero) is 1. The highest BCUT2D eigenvalue weighted by molar-refractivity contribution is 6.30. The van der Waals surface area contributed by atoms with Crippen molar-refractivity contribution in [2.75, 3.05) is 5.88 Å². The molecule has 72 valence electrons.